The molecule has 0 fully saturated rings. The van der Waals surface area contributed by atoms with Crippen LogP contribution in [0.25, 0.3) is 0 Å². The number of benzene rings is 2. The average Bonchev–Trinajstić information content (AvgIpc) is 3.18. The molecular weight excluding hydrogens is 412 g/mol. The van der Waals surface area contributed by atoms with Gasteiger partial charge < -0.3 is 19.7 Å². The van der Waals surface area contributed by atoms with Gasteiger partial charge in [0.1, 0.15) is 11.6 Å². The van der Waals surface area contributed by atoms with Crippen molar-refractivity contribution in [2.75, 3.05) is 18.0 Å². The minimum Gasteiger partial charge on any atom is -0.395 e. The minimum atomic E-state index is -3.71. The monoisotopic (exact) mass is 426 g/mol. The number of ether oxygens (including phenoxy) is 2. The Kier molecular flexibility index (Phi) is 4.10. The van der Waals surface area contributed by atoms with Crippen LogP contribution in [0.3, 0.4) is 0 Å². The van der Waals surface area contributed by atoms with Gasteiger partial charge in [0.05, 0.1) is 16.8 Å². The fraction of sp³-hybridized carbons (Fsp3) is 0.300. The second-order valence-electron chi connectivity index (χ2n) is 7.21. The Morgan fingerprint density at radius 2 is 1.79 bits per heavy atom. The van der Waals surface area contributed by atoms with Crippen LogP contribution >= 0.6 is 11.6 Å². The molecule has 152 valence electrons. The highest BCUT2D eigenvalue weighted by Crippen LogP contribution is 2.47. The summed E-state index contributed by atoms with van der Waals surface area (Å²) in [6, 6.07) is 6.08. The van der Waals surface area contributed by atoms with Crippen LogP contribution in [0.2, 0.25) is 5.02 Å². The Bertz CT molecular complexity index is 1020. The van der Waals surface area contributed by atoms with Gasteiger partial charge in [0, 0.05) is 42.9 Å². The lowest BCUT2D eigenvalue weighted by Gasteiger charge is -2.30. The van der Waals surface area contributed by atoms with Crippen LogP contribution in [-0.2, 0) is 0 Å². The van der Waals surface area contributed by atoms with Crippen molar-refractivity contribution < 1.29 is 27.0 Å². The molecule has 1 atom stereocenters. The molecule has 1 unspecified atom stereocenters. The van der Waals surface area contributed by atoms with Gasteiger partial charge in [-0.15, -0.1) is 8.78 Å². The van der Waals surface area contributed by atoms with Crippen molar-refractivity contribution in [3.05, 3.63) is 63.8 Å². The van der Waals surface area contributed by atoms with E-state index in [4.69, 9.17) is 11.6 Å². The molecule has 3 aliphatic heterocycles. The summed E-state index contributed by atoms with van der Waals surface area (Å²) in [4.78, 5) is 1.93. The van der Waals surface area contributed by atoms with E-state index in [2.05, 4.69) is 14.8 Å². The number of nitrogens with zero attached hydrogens (tertiary/aromatic N) is 1. The molecule has 0 bridgehead atoms. The maximum Gasteiger partial charge on any atom is 0.586 e. The summed E-state index contributed by atoms with van der Waals surface area (Å²) < 4.78 is 63.9. The number of fused-ring (bicyclic) bond motifs is 1. The Morgan fingerprint density at radius 1 is 1.10 bits per heavy atom. The fourth-order valence-corrected chi connectivity index (χ4v) is 4.40. The van der Waals surface area contributed by atoms with Crippen LogP contribution in [0.5, 0.6) is 11.5 Å². The summed E-state index contributed by atoms with van der Waals surface area (Å²) in [6.45, 7) is 1.03. The molecule has 0 aromatic heterocycles. The minimum absolute atomic E-state index is 0.0248. The molecule has 9 heteroatoms. The van der Waals surface area contributed by atoms with Gasteiger partial charge in [-0.2, -0.15) is 0 Å². The highest BCUT2D eigenvalue weighted by atomic mass is 35.5. The van der Waals surface area contributed by atoms with Crippen LogP contribution in [0.1, 0.15) is 24.4 Å². The first kappa shape index (κ1) is 18.4. The summed E-state index contributed by atoms with van der Waals surface area (Å²) in [5.74, 6) is -1.36. The number of alkyl halides is 2. The molecule has 29 heavy (non-hydrogen) atoms. The standard InChI is InChI=1S/C20H15ClF4N2O2/c21-11-7-17-18(29-20(24,25)28-17)8-16(11)27-5-4-14-10(9-27)6-15(26-14)19-12(22)2-1-3-13(19)23/h1-3,7-8,15,26H,4-6,9H2. The van der Waals surface area contributed by atoms with E-state index in [1.54, 1.807) is 0 Å². The zero-order valence-electron chi connectivity index (χ0n) is 14.9. The molecule has 0 amide bonds. The Morgan fingerprint density at radius 3 is 2.52 bits per heavy atom. The van der Waals surface area contributed by atoms with Crippen molar-refractivity contribution in [1.29, 1.82) is 0 Å². The summed E-state index contributed by atoms with van der Waals surface area (Å²) in [6.07, 6.45) is -2.65. The van der Waals surface area contributed by atoms with E-state index in [1.165, 1.54) is 30.3 Å². The molecule has 4 nitrogen and oxygen atoms in total. The number of nitrogens with one attached hydrogen (secondary N) is 1. The van der Waals surface area contributed by atoms with Crippen molar-refractivity contribution in [3.8, 4) is 11.5 Å². The van der Waals surface area contributed by atoms with E-state index in [1.807, 2.05) is 4.90 Å². The molecule has 3 heterocycles. The maximum atomic E-state index is 14.2. The summed E-state index contributed by atoms with van der Waals surface area (Å²) in [5, 5.41) is 3.49. The van der Waals surface area contributed by atoms with Crippen LogP contribution in [0, 0.1) is 11.6 Å². The van der Waals surface area contributed by atoms with Gasteiger partial charge in [0.15, 0.2) is 11.5 Å². The third-order valence-electron chi connectivity index (χ3n) is 5.40. The Hall–Kier alpha value is -2.61. The van der Waals surface area contributed by atoms with Gasteiger partial charge in [-0.25, -0.2) is 8.78 Å². The molecule has 0 radical (unpaired) electrons. The number of halogens is 5. The predicted octanol–water partition coefficient (Wildman–Crippen LogP) is 5.14. The Labute approximate surface area is 168 Å². The third-order valence-corrected chi connectivity index (χ3v) is 5.70. The lowest BCUT2D eigenvalue weighted by Crippen LogP contribution is -2.32. The molecule has 0 spiro atoms. The van der Waals surface area contributed by atoms with Crippen molar-refractivity contribution in [3.63, 3.8) is 0 Å². The van der Waals surface area contributed by atoms with E-state index in [9.17, 15) is 17.6 Å². The fourth-order valence-electron chi connectivity index (χ4n) is 4.12. The molecule has 1 N–H and O–H groups in total. The highest BCUT2D eigenvalue weighted by Gasteiger charge is 2.44. The van der Waals surface area contributed by atoms with Crippen LogP contribution in [-0.4, -0.2) is 19.4 Å². The molecule has 0 saturated heterocycles. The topological polar surface area (TPSA) is 33.7 Å². The lowest BCUT2D eigenvalue weighted by atomic mass is 9.99. The lowest BCUT2D eigenvalue weighted by molar-refractivity contribution is -0.286. The van der Waals surface area contributed by atoms with Gasteiger partial charge in [-0.1, -0.05) is 17.7 Å². The van der Waals surface area contributed by atoms with E-state index in [0.717, 1.165) is 11.3 Å². The largest absolute Gasteiger partial charge is 0.586 e. The van der Waals surface area contributed by atoms with Gasteiger partial charge in [0.2, 0.25) is 0 Å². The second-order valence-corrected chi connectivity index (χ2v) is 7.62. The van der Waals surface area contributed by atoms with Crippen molar-refractivity contribution >= 4 is 17.3 Å². The molecule has 2 aromatic carbocycles. The number of rotatable bonds is 2. The first-order valence-electron chi connectivity index (χ1n) is 9.06. The predicted molar refractivity (Wildman–Crippen MR) is 98.4 cm³/mol. The van der Waals surface area contributed by atoms with E-state index in [-0.39, 0.29) is 22.1 Å². The SMILES string of the molecule is Fc1cccc(F)c1C1CC2=C(CCN(c3cc4c(cc3Cl)OC(F)(F)O4)C2)N1. The van der Waals surface area contributed by atoms with E-state index >= 15 is 0 Å². The van der Waals surface area contributed by atoms with Gasteiger partial charge >= 0.3 is 6.29 Å². The zero-order valence-corrected chi connectivity index (χ0v) is 15.7. The maximum absolute atomic E-state index is 14.2. The zero-order chi connectivity index (χ0) is 20.3. The van der Waals surface area contributed by atoms with Crippen molar-refractivity contribution in [2.24, 2.45) is 0 Å². The van der Waals surface area contributed by atoms with E-state index < -0.39 is 24.0 Å². The van der Waals surface area contributed by atoms with Crippen LogP contribution in [0.15, 0.2) is 41.6 Å². The highest BCUT2D eigenvalue weighted by molar-refractivity contribution is 6.33. The average molecular weight is 427 g/mol. The molecular formula is C20H15ClF4N2O2. The first-order valence-corrected chi connectivity index (χ1v) is 9.44. The quantitative estimate of drug-likeness (QED) is 0.674. The molecule has 3 aliphatic rings. The molecule has 0 aliphatic carbocycles. The molecule has 5 rings (SSSR count). The van der Waals surface area contributed by atoms with Crippen LogP contribution < -0.4 is 19.7 Å². The number of anilines is 1. The number of hydrogen-bond donors (Lipinski definition) is 1. The van der Waals surface area contributed by atoms with Gasteiger partial charge in [0.25, 0.3) is 0 Å². The second kappa shape index (κ2) is 6.45. The summed E-state index contributed by atoms with van der Waals surface area (Å²) >= 11 is 6.29. The molecule has 2 aromatic rings. The summed E-state index contributed by atoms with van der Waals surface area (Å²) in [7, 11) is 0. The number of hydrogen-bond acceptors (Lipinski definition) is 4. The van der Waals surface area contributed by atoms with Crippen molar-refractivity contribution in [1.82, 2.24) is 5.32 Å². The van der Waals surface area contributed by atoms with Crippen LogP contribution in [0.4, 0.5) is 23.2 Å². The summed E-state index contributed by atoms with van der Waals surface area (Å²) in [5.41, 5.74) is 2.52. The molecule has 0 saturated carbocycles. The smallest absolute Gasteiger partial charge is 0.395 e. The third kappa shape index (κ3) is 3.15. The Balaban J connectivity index is 1.38. The van der Waals surface area contributed by atoms with Gasteiger partial charge in [-0.3, -0.25) is 0 Å². The first-order chi connectivity index (χ1) is 13.8. The van der Waals surface area contributed by atoms with Gasteiger partial charge in [-0.05, 0) is 24.1 Å². The van der Waals surface area contributed by atoms with Crippen molar-refractivity contribution in [2.45, 2.75) is 25.2 Å². The van der Waals surface area contributed by atoms with E-state index in [0.29, 0.717) is 31.6 Å². The normalized spacial score (nSPS) is 22.0.